The third-order valence-corrected chi connectivity index (χ3v) is 3.63. The smallest absolute Gasteiger partial charge is 0.331 e. The molecule has 1 heterocycles. The van der Waals surface area contributed by atoms with Crippen molar-refractivity contribution < 1.29 is 19.1 Å². The number of amides is 1. The van der Waals surface area contributed by atoms with Crippen LogP contribution in [0.25, 0.3) is 0 Å². The van der Waals surface area contributed by atoms with Crippen molar-refractivity contribution in [3.8, 4) is 0 Å². The number of thiophene rings is 1. The van der Waals surface area contributed by atoms with Gasteiger partial charge < -0.3 is 10.4 Å². The maximum absolute atomic E-state index is 13.4. The zero-order chi connectivity index (χ0) is 14.5. The molecule has 1 aromatic carbocycles. The lowest BCUT2D eigenvalue weighted by Crippen LogP contribution is -2.34. The van der Waals surface area contributed by atoms with Crippen LogP contribution in [0, 0.1) is 5.82 Å². The Bertz CT molecular complexity index is 613. The van der Waals surface area contributed by atoms with Crippen LogP contribution in [-0.4, -0.2) is 17.0 Å². The summed E-state index contributed by atoms with van der Waals surface area (Å²) in [7, 11) is 0. The monoisotopic (exact) mass is 293 g/mol. The summed E-state index contributed by atoms with van der Waals surface area (Å²) in [6.07, 6.45) is -0.193. The molecule has 0 radical (unpaired) electrons. The number of halogens is 1. The van der Waals surface area contributed by atoms with Crippen LogP contribution < -0.4 is 5.32 Å². The number of carboxylic acid groups (broad SMARTS) is 1. The standard InChI is InChI=1S/C14H12FNO3S/c15-10-5-2-1-4-9(10)8-12(17)16-13(14(18)19)11-6-3-7-20-11/h1-7,13H,8H2,(H,16,17)(H,18,19). The van der Waals surface area contributed by atoms with E-state index < -0.39 is 23.7 Å². The van der Waals surface area contributed by atoms with Gasteiger partial charge in [0, 0.05) is 4.88 Å². The van der Waals surface area contributed by atoms with Gasteiger partial charge >= 0.3 is 5.97 Å². The summed E-state index contributed by atoms with van der Waals surface area (Å²) in [5.74, 6) is -2.16. The van der Waals surface area contributed by atoms with Crippen LogP contribution in [0.3, 0.4) is 0 Å². The zero-order valence-corrected chi connectivity index (χ0v) is 11.2. The second kappa shape index (κ2) is 6.29. The quantitative estimate of drug-likeness (QED) is 0.889. The van der Waals surface area contributed by atoms with E-state index >= 15 is 0 Å². The molecule has 0 saturated heterocycles. The van der Waals surface area contributed by atoms with E-state index in [4.69, 9.17) is 5.11 Å². The second-order valence-corrected chi connectivity index (χ2v) is 5.10. The summed E-state index contributed by atoms with van der Waals surface area (Å²) in [5, 5.41) is 13.3. The number of carbonyl (C=O) groups is 2. The first kappa shape index (κ1) is 14.2. The van der Waals surface area contributed by atoms with E-state index in [9.17, 15) is 14.0 Å². The second-order valence-electron chi connectivity index (χ2n) is 4.12. The molecule has 0 saturated carbocycles. The van der Waals surface area contributed by atoms with Crippen LogP contribution in [0.4, 0.5) is 4.39 Å². The molecular formula is C14H12FNO3S. The number of nitrogens with one attached hydrogen (secondary N) is 1. The van der Waals surface area contributed by atoms with E-state index in [0.717, 1.165) is 0 Å². The molecule has 2 aromatic rings. The van der Waals surface area contributed by atoms with E-state index in [-0.39, 0.29) is 12.0 Å². The highest BCUT2D eigenvalue weighted by atomic mass is 32.1. The summed E-state index contributed by atoms with van der Waals surface area (Å²) in [6.45, 7) is 0. The first-order valence-electron chi connectivity index (χ1n) is 5.87. The summed E-state index contributed by atoms with van der Waals surface area (Å²) in [6, 6.07) is 8.15. The van der Waals surface area contributed by atoms with Crippen LogP contribution in [0.15, 0.2) is 41.8 Å². The molecular weight excluding hydrogens is 281 g/mol. The van der Waals surface area contributed by atoms with Crippen molar-refractivity contribution in [2.75, 3.05) is 0 Å². The topological polar surface area (TPSA) is 66.4 Å². The summed E-state index contributed by atoms with van der Waals surface area (Å²) in [4.78, 5) is 23.5. The maximum atomic E-state index is 13.4. The van der Waals surface area contributed by atoms with Gasteiger partial charge in [-0.15, -0.1) is 11.3 Å². The van der Waals surface area contributed by atoms with Crippen LogP contribution in [0.2, 0.25) is 0 Å². The Balaban J connectivity index is 2.06. The number of benzene rings is 1. The Morgan fingerprint density at radius 3 is 2.60 bits per heavy atom. The lowest BCUT2D eigenvalue weighted by molar-refractivity contribution is -0.141. The molecule has 1 aromatic heterocycles. The van der Waals surface area contributed by atoms with Crippen LogP contribution in [0.5, 0.6) is 0 Å². The zero-order valence-electron chi connectivity index (χ0n) is 10.4. The highest BCUT2D eigenvalue weighted by Gasteiger charge is 2.23. The van der Waals surface area contributed by atoms with Gasteiger partial charge in [0.1, 0.15) is 5.82 Å². The molecule has 1 amide bonds. The molecule has 1 atom stereocenters. The van der Waals surface area contributed by atoms with Gasteiger partial charge in [-0.05, 0) is 23.1 Å². The third kappa shape index (κ3) is 3.42. The molecule has 6 heteroatoms. The fourth-order valence-corrected chi connectivity index (χ4v) is 2.50. The van der Waals surface area contributed by atoms with Crippen molar-refractivity contribution in [2.24, 2.45) is 0 Å². The van der Waals surface area contributed by atoms with Crippen molar-refractivity contribution in [1.29, 1.82) is 0 Å². The lowest BCUT2D eigenvalue weighted by Gasteiger charge is -2.13. The molecule has 4 nitrogen and oxygen atoms in total. The van der Waals surface area contributed by atoms with Crippen molar-refractivity contribution in [1.82, 2.24) is 5.32 Å². The van der Waals surface area contributed by atoms with Crippen LogP contribution in [0.1, 0.15) is 16.5 Å². The minimum atomic E-state index is -1.14. The number of carbonyl (C=O) groups excluding carboxylic acids is 1. The van der Waals surface area contributed by atoms with Crippen molar-refractivity contribution in [3.63, 3.8) is 0 Å². The van der Waals surface area contributed by atoms with E-state index in [1.807, 2.05) is 0 Å². The Kier molecular flexibility index (Phi) is 4.47. The molecule has 0 bridgehead atoms. The van der Waals surface area contributed by atoms with Crippen molar-refractivity contribution in [3.05, 3.63) is 58.0 Å². The van der Waals surface area contributed by atoms with Crippen molar-refractivity contribution >= 4 is 23.2 Å². The van der Waals surface area contributed by atoms with Gasteiger partial charge in [-0.1, -0.05) is 24.3 Å². The van der Waals surface area contributed by atoms with Gasteiger partial charge in [0.2, 0.25) is 5.91 Å². The minimum Gasteiger partial charge on any atom is -0.479 e. The summed E-state index contributed by atoms with van der Waals surface area (Å²) < 4.78 is 13.4. The van der Waals surface area contributed by atoms with Gasteiger partial charge in [-0.3, -0.25) is 4.79 Å². The fourth-order valence-electron chi connectivity index (χ4n) is 1.74. The van der Waals surface area contributed by atoms with Gasteiger partial charge in [0.15, 0.2) is 6.04 Å². The van der Waals surface area contributed by atoms with Gasteiger partial charge in [0.05, 0.1) is 6.42 Å². The SMILES string of the molecule is O=C(Cc1ccccc1F)NC(C(=O)O)c1cccs1. The average molecular weight is 293 g/mol. The first-order chi connectivity index (χ1) is 9.58. The molecule has 0 aliphatic heterocycles. The number of hydrogen-bond acceptors (Lipinski definition) is 3. The molecule has 0 aliphatic rings. The highest BCUT2D eigenvalue weighted by Crippen LogP contribution is 2.19. The van der Waals surface area contributed by atoms with Crippen LogP contribution >= 0.6 is 11.3 Å². The third-order valence-electron chi connectivity index (χ3n) is 2.69. The van der Waals surface area contributed by atoms with E-state index in [1.165, 1.54) is 29.5 Å². The Labute approximate surface area is 118 Å². The normalized spacial score (nSPS) is 11.8. The van der Waals surface area contributed by atoms with E-state index in [2.05, 4.69) is 5.32 Å². The average Bonchev–Trinajstić information content (AvgIpc) is 2.92. The molecule has 1 unspecified atom stereocenters. The number of carboxylic acids is 1. The Hall–Kier alpha value is -2.21. The number of hydrogen-bond donors (Lipinski definition) is 2. The first-order valence-corrected chi connectivity index (χ1v) is 6.75. The summed E-state index contributed by atoms with van der Waals surface area (Å²) >= 11 is 1.24. The maximum Gasteiger partial charge on any atom is 0.331 e. The largest absolute Gasteiger partial charge is 0.479 e. The van der Waals surface area contributed by atoms with Gasteiger partial charge in [-0.25, -0.2) is 9.18 Å². The predicted octanol–water partition coefficient (Wildman–Crippen LogP) is 2.37. The predicted molar refractivity (Wildman–Crippen MR) is 72.9 cm³/mol. The molecule has 2 rings (SSSR count). The Morgan fingerprint density at radius 2 is 2.00 bits per heavy atom. The van der Waals surface area contributed by atoms with Gasteiger partial charge in [0.25, 0.3) is 0 Å². The fraction of sp³-hybridized carbons (Fsp3) is 0.143. The van der Waals surface area contributed by atoms with Crippen molar-refractivity contribution in [2.45, 2.75) is 12.5 Å². The number of rotatable bonds is 5. The number of aliphatic carboxylic acids is 1. The van der Waals surface area contributed by atoms with E-state index in [0.29, 0.717) is 4.88 Å². The van der Waals surface area contributed by atoms with E-state index in [1.54, 1.807) is 23.6 Å². The minimum absolute atomic E-state index is 0.193. The molecule has 20 heavy (non-hydrogen) atoms. The highest BCUT2D eigenvalue weighted by molar-refractivity contribution is 7.10. The molecule has 0 fully saturated rings. The molecule has 0 spiro atoms. The molecule has 2 N–H and O–H groups in total. The molecule has 104 valence electrons. The van der Waals surface area contributed by atoms with Gasteiger partial charge in [-0.2, -0.15) is 0 Å². The lowest BCUT2D eigenvalue weighted by atomic mass is 10.1. The Morgan fingerprint density at radius 1 is 1.25 bits per heavy atom. The molecule has 0 aliphatic carbocycles. The summed E-state index contributed by atoms with van der Waals surface area (Å²) in [5.41, 5.74) is 0.236. The van der Waals surface area contributed by atoms with Crippen LogP contribution in [-0.2, 0) is 16.0 Å².